The van der Waals surface area contributed by atoms with Crippen molar-refractivity contribution in [1.82, 2.24) is 19.6 Å². The lowest BCUT2D eigenvalue weighted by Crippen LogP contribution is -2.36. The molecule has 2 aromatic rings. The number of aromatic nitrogens is 4. The molecule has 0 aromatic carbocycles. The van der Waals surface area contributed by atoms with Crippen molar-refractivity contribution in [1.29, 1.82) is 0 Å². The minimum atomic E-state index is -4.43. The molecule has 224 valence electrons. The van der Waals surface area contributed by atoms with E-state index in [4.69, 9.17) is 18.9 Å². The fourth-order valence-corrected chi connectivity index (χ4v) is 6.81. The first-order chi connectivity index (χ1) is 18.8. The van der Waals surface area contributed by atoms with Crippen LogP contribution in [0.4, 0.5) is 26.3 Å². The van der Waals surface area contributed by atoms with Gasteiger partial charge in [-0.15, -0.1) is 0 Å². The third kappa shape index (κ3) is 6.41. The molecule has 4 fully saturated rings. The number of alkyl halides is 6. The summed E-state index contributed by atoms with van der Waals surface area (Å²) in [4.78, 5) is 0. The van der Waals surface area contributed by atoms with Gasteiger partial charge < -0.3 is 18.9 Å². The predicted octanol–water partition coefficient (Wildman–Crippen LogP) is 7.05. The topological polar surface area (TPSA) is 72.6 Å². The van der Waals surface area contributed by atoms with Crippen molar-refractivity contribution in [2.75, 3.05) is 26.4 Å². The Hall–Kier alpha value is -1.20. The van der Waals surface area contributed by atoms with Crippen LogP contribution in [0.25, 0.3) is 0 Å². The Bertz CT molecular complexity index is 1160. The van der Waals surface area contributed by atoms with Crippen molar-refractivity contribution in [3.8, 4) is 0 Å². The van der Waals surface area contributed by atoms with Gasteiger partial charge in [0.25, 0.3) is 0 Å². The molecule has 40 heavy (non-hydrogen) atoms. The van der Waals surface area contributed by atoms with Gasteiger partial charge >= 0.3 is 12.4 Å². The Morgan fingerprint density at radius 2 is 1.20 bits per heavy atom. The van der Waals surface area contributed by atoms with E-state index in [2.05, 4.69) is 42.1 Å². The molecule has 2 aliphatic carbocycles. The van der Waals surface area contributed by atoms with Gasteiger partial charge in [-0.1, -0.05) is 0 Å². The number of hydrogen-bond acceptors (Lipinski definition) is 6. The van der Waals surface area contributed by atoms with Gasteiger partial charge in [-0.05, 0) is 57.5 Å². The highest BCUT2D eigenvalue weighted by atomic mass is 79.9. The van der Waals surface area contributed by atoms with E-state index < -0.39 is 35.3 Å². The zero-order valence-corrected chi connectivity index (χ0v) is 24.4. The molecule has 4 aliphatic rings. The fourth-order valence-electron chi connectivity index (χ4n) is 5.80. The molecule has 0 N–H and O–H groups in total. The Kier molecular flexibility index (Phi) is 8.68. The van der Waals surface area contributed by atoms with E-state index in [9.17, 15) is 26.3 Å². The minimum absolute atomic E-state index is 0.0151. The SMILES string of the molecule is FC(F)(F)c1c(Br)cnn1C1CCC2(CC1)OCCO2.FC(F)(F)c1nn(C2CCC3(CC2)OCCO3)cc1Br. The van der Waals surface area contributed by atoms with Gasteiger partial charge in [0.05, 0.1) is 53.7 Å². The van der Waals surface area contributed by atoms with Crippen LogP contribution < -0.4 is 0 Å². The monoisotopic (exact) mass is 708 g/mol. The Labute approximate surface area is 242 Å². The number of hydrogen-bond donors (Lipinski definition) is 0. The second-order valence-electron chi connectivity index (χ2n) is 10.3. The van der Waals surface area contributed by atoms with Crippen molar-refractivity contribution >= 4 is 31.9 Å². The first-order valence-corrected chi connectivity index (χ1v) is 14.6. The van der Waals surface area contributed by atoms with Crippen molar-refractivity contribution in [3.63, 3.8) is 0 Å². The van der Waals surface area contributed by atoms with E-state index in [1.165, 1.54) is 17.1 Å². The Balaban J connectivity index is 0.000000161. The van der Waals surface area contributed by atoms with Crippen LogP contribution >= 0.6 is 31.9 Å². The molecule has 0 atom stereocenters. The molecule has 0 bridgehead atoms. The maximum Gasteiger partial charge on any atom is 0.436 e. The van der Waals surface area contributed by atoms with Crippen LogP contribution in [0.3, 0.4) is 0 Å². The predicted molar refractivity (Wildman–Crippen MR) is 134 cm³/mol. The highest BCUT2D eigenvalue weighted by Gasteiger charge is 2.45. The highest BCUT2D eigenvalue weighted by molar-refractivity contribution is 9.10. The smallest absolute Gasteiger partial charge is 0.348 e. The van der Waals surface area contributed by atoms with Crippen molar-refractivity contribution in [2.45, 2.75) is 87.4 Å². The van der Waals surface area contributed by atoms with Crippen LogP contribution in [0.15, 0.2) is 21.3 Å². The van der Waals surface area contributed by atoms with Crippen LogP contribution in [0.5, 0.6) is 0 Å². The van der Waals surface area contributed by atoms with E-state index in [1.54, 1.807) is 0 Å². The van der Waals surface area contributed by atoms with Gasteiger partial charge in [-0.2, -0.15) is 36.5 Å². The summed E-state index contributed by atoms with van der Waals surface area (Å²) in [5.74, 6) is -1.08. The summed E-state index contributed by atoms with van der Waals surface area (Å²) in [5, 5.41) is 7.57. The molecule has 2 saturated heterocycles. The van der Waals surface area contributed by atoms with Crippen LogP contribution in [-0.4, -0.2) is 57.6 Å². The Morgan fingerprint density at radius 1 is 0.725 bits per heavy atom. The van der Waals surface area contributed by atoms with Gasteiger partial charge in [-0.25, -0.2) is 0 Å². The molecule has 0 unspecified atom stereocenters. The van der Waals surface area contributed by atoms with Gasteiger partial charge in [-0.3, -0.25) is 9.36 Å². The molecule has 16 heteroatoms. The lowest BCUT2D eigenvalue weighted by molar-refractivity contribution is -0.183. The van der Waals surface area contributed by atoms with E-state index in [0.717, 1.165) is 4.68 Å². The number of nitrogens with zero attached hydrogens (tertiary/aromatic N) is 4. The zero-order valence-electron chi connectivity index (χ0n) is 21.2. The molecule has 0 amide bonds. The van der Waals surface area contributed by atoms with E-state index in [-0.39, 0.29) is 21.0 Å². The summed E-state index contributed by atoms with van der Waals surface area (Å²) in [7, 11) is 0. The van der Waals surface area contributed by atoms with E-state index in [1.807, 2.05) is 0 Å². The molecule has 2 saturated carbocycles. The molecule has 2 spiro atoms. The van der Waals surface area contributed by atoms with Crippen LogP contribution in [0.2, 0.25) is 0 Å². The number of halogens is 8. The highest BCUT2D eigenvalue weighted by Crippen LogP contribution is 2.44. The molecule has 6 rings (SSSR count). The summed E-state index contributed by atoms with van der Waals surface area (Å²) in [5.41, 5.74) is -1.59. The maximum atomic E-state index is 13.1. The summed E-state index contributed by atoms with van der Waals surface area (Å²) in [6.07, 6.45) is -1.11. The van der Waals surface area contributed by atoms with Gasteiger partial charge in [0.1, 0.15) is 0 Å². The van der Waals surface area contributed by atoms with Crippen molar-refractivity contribution in [3.05, 3.63) is 32.7 Å². The largest absolute Gasteiger partial charge is 0.436 e. The van der Waals surface area contributed by atoms with Crippen LogP contribution in [0.1, 0.15) is 74.8 Å². The molecular formula is C24H28Br2F6N4O4. The van der Waals surface area contributed by atoms with Crippen LogP contribution in [0, 0.1) is 0 Å². The summed E-state index contributed by atoms with van der Waals surface area (Å²) in [6, 6.07) is -0.308. The molecular weight excluding hydrogens is 682 g/mol. The summed E-state index contributed by atoms with van der Waals surface area (Å²) >= 11 is 5.85. The fraction of sp³-hybridized carbons (Fsp3) is 0.750. The molecule has 2 aliphatic heterocycles. The first-order valence-electron chi connectivity index (χ1n) is 13.0. The summed E-state index contributed by atoms with van der Waals surface area (Å²) < 4.78 is 102. The summed E-state index contributed by atoms with van der Waals surface area (Å²) in [6.45, 7) is 2.31. The van der Waals surface area contributed by atoms with Crippen LogP contribution in [-0.2, 0) is 31.3 Å². The molecule has 0 radical (unpaired) electrons. The molecule has 8 nitrogen and oxygen atoms in total. The lowest BCUT2D eigenvalue weighted by atomic mass is 9.90. The third-order valence-corrected chi connectivity index (χ3v) is 8.92. The lowest BCUT2D eigenvalue weighted by Gasteiger charge is -2.35. The minimum Gasteiger partial charge on any atom is -0.348 e. The van der Waals surface area contributed by atoms with Gasteiger partial charge in [0.2, 0.25) is 0 Å². The standard InChI is InChI=1S/2C12H14BrF3N2O2/c13-9-7-18(17-10(9)12(14,15)16)8-1-3-11(4-2-8)19-5-6-20-11;13-9-7-17-18(10(9)12(14,15)16)8-1-3-11(4-2-8)19-5-6-20-11/h2*7-8H,1-6H2. The second kappa shape index (κ2) is 11.5. The van der Waals surface area contributed by atoms with Crippen molar-refractivity contribution < 1.29 is 45.3 Å². The third-order valence-electron chi connectivity index (χ3n) is 7.76. The van der Waals surface area contributed by atoms with E-state index in [0.29, 0.717) is 77.8 Å². The van der Waals surface area contributed by atoms with Gasteiger partial charge in [0.15, 0.2) is 23.0 Å². The number of ether oxygens (including phenoxy) is 4. The van der Waals surface area contributed by atoms with Gasteiger partial charge in [0, 0.05) is 31.9 Å². The Morgan fingerprint density at radius 3 is 1.62 bits per heavy atom. The maximum absolute atomic E-state index is 13.1. The normalized spacial score (nSPS) is 24.9. The average molecular weight is 710 g/mol. The second-order valence-corrected chi connectivity index (χ2v) is 12.0. The van der Waals surface area contributed by atoms with Crippen molar-refractivity contribution in [2.24, 2.45) is 0 Å². The average Bonchev–Trinajstić information content (AvgIpc) is 3.68. The number of rotatable bonds is 2. The molecule has 4 heterocycles. The quantitative estimate of drug-likeness (QED) is 0.312. The van der Waals surface area contributed by atoms with E-state index >= 15 is 0 Å². The first kappa shape index (κ1) is 30.3. The molecule has 2 aromatic heterocycles. The zero-order chi connectivity index (χ0) is 28.8.